The SMILES string of the molecule is CCc1ccc(CN[C@@]2(C)C[C@H](O[C@H]3[C@H](Oc4c5cc6cc4Oc4ccc(cc4Cl)[C@@H](O)[C@@H](NC(=O)[C@@H](CC(C)C)NC)C(=O)N[C@@H](CC(N)=O)C(=O)N[C@H]6C(=O)N[C@H]4C(=O)N[C@H](C(=O)N[C@H](C(=O)O)c6cc(O)c(CNCCCNC(=O)[C@H](O)[C@@H](O)[C@H](O)[C@H](O)CO)c(O)c6-c6cc4ccc6O)[C@H](O)c4ccc(c(Cl)c4)O5)O[C@H](CO)[C@@H](O)[C@@H]3O)O[C@@H](C)[C@H]2O)cc1. The third-order valence-corrected chi connectivity index (χ3v) is 23.4. The van der Waals surface area contributed by atoms with Crippen LogP contribution in [0.15, 0.2) is 97.1 Å². The van der Waals surface area contributed by atoms with Gasteiger partial charge in [0.15, 0.2) is 36.0 Å². The van der Waals surface area contributed by atoms with E-state index in [4.69, 9.17) is 62.5 Å². The lowest BCUT2D eigenvalue weighted by atomic mass is 9.84. The minimum absolute atomic E-state index is 0.0157. The van der Waals surface area contributed by atoms with Crippen LogP contribution in [-0.2, 0) is 76.9 Å². The average molecular weight is 1830 g/mol. The van der Waals surface area contributed by atoms with Crippen LogP contribution >= 0.6 is 23.2 Å². The third kappa shape index (κ3) is 22.2. The van der Waals surface area contributed by atoms with Crippen molar-refractivity contribution in [2.24, 2.45) is 11.7 Å². The first kappa shape index (κ1) is 97.9. The van der Waals surface area contributed by atoms with E-state index in [0.717, 1.165) is 78.2 Å². The number of nitrogens with two attached hydrogens (primary N) is 1. The molecule has 0 aliphatic carbocycles. The molecule has 6 aromatic carbocycles. The van der Waals surface area contributed by atoms with Crippen molar-refractivity contribution in [2.45, 2.75) is 213 Å². The van der Waals surface area contributed by atoms with Gasteiger partial charge < -0.3 is 164 Å². The van der Waals surface area contributed by atoms with Gasteiger partial charge in [0, 0.05) is 48.3 Å². The van der Waals surface area contributed by atoms with Crippen molar-refractivity contribution in [1.82, 2.24) is 53.2 Å². The van der Waals surface area contributed by atoms with Gasteiger partial charge in [0.1, 0.15) is 108 Å². The van der Waals surface area contributed by atoms with Gasteiger partial charge in [-0.05, 0) is 141 Å². The molecule has 0 spiro atoms. The number of rotatable bonds is 28. The number of aliphatic hydroxyl groups is 11. The minimum Gasteiger partial charge on any atom is -0.507 e. The summed E-state index contributed by atoms with van der Waals surface area (Å²) in [4.78, 5) is 132. The Kier molecular flexibility index (Phi) is 32.3. The zero-order valence-corrected chi connectivity index (χ0v) is 71.4. The molecule has 43 heteroatoms. The molecule has 8 amide bonds. The Balaban J connectivity index is 1.09. The zero-order valence-electron chi connectivity index (χ0n) is 69.9. The van der Waals surface area contributed by atoms with Crippen LogP contribution in [0.3, 0.4) is 0 Å². The summed E-state index contributed by atoms with van der Waals surface area (Å²) in [6.07, 6.45) is -26.8. The van der Waals surface area contributed by atoms with Crippen LogP contribution in [0.4, 0.5) is 0 Å². The molecule has 7 aliphatic rings. The fourth-order valence-corrected chi connectivity index (χ4v) is 16.0. The topological polar surface area (TPSA) is 659 Å². The second-order valence-corrected chi connectivity index (χ2v) is 33.2. The van der Waals surface area contributed by atoms with Gasteiger partial charge in [-0.1, -0.05) is 86.4 Å². The van der Waals surface area contributed by atoms with Crippen molar-refractivity contribution in [2.75, 3.05) is 33.4 Å². The van der Waals surface area contributed by atoms with E-state index in [2.05, 4.69) is 53.2 Å². The van der Waals surface area contributed by atoms with Gasteiger partial charge in [-0.15, -0.1) is 0 Å². The van der Waals surface area contributed by atoms with E-state index in [1.165, 1.54) is 19.2 Å². The number of fused-ring (bicyclic) bond motifs is 15. The highest BCUT2D eigenvalue weighted by Crippen LogP contribution is 2.51. The summed E-state index contributed by atoms with van der Waals surface area (Å²) < 4.78 is 39.5. The molecule has 7 heterocycles. The van der Waals surface area contributed by atoms with Crippen molar-refractivity contribution in [3.8, 4) is 57.1 Å². The molecule has 0 saturated carbocycles. The molecule has 0 unspecified atom stereocenters. The van der Waals surface area contributed by atoms with E-state index >= 15 is 24.0 Å². The zero-order chi connectivity index (χ0) is 93.4. The maximum Gasteiger partial charge on any atom is 0.330 e. The predicted molar refractivity (Wildman–Crippen MR) is 448 cm³/mol. The normalized spacial score (nSPS) is 26.7. The number of aliphatic carboxylic acids is 1. The first-order valence-corrected chi connectivity index (χ1v) is 41.8. The molecule has 13 rings (SSSR count). The Morgan fingerprint density at radius 1 is 0.672 bits per heavy atom. The van der Waals surface area contributed by atoms with Crippen LogP contribution in [0.2, 0.25) is 10.0 Å². The number of likely N-dealkylation sites (N-methyl/N-ethyl adjacent to an activating group) is 1. The number of carbonyl (C=O) groups excluding carboxylic acids is 8. The lowest BCUT2D eigenvalue weighted by Gasteiger charge is -2.48. The van der Waals surface area contributed by atoms with Crippen LogP contribution in [0.1, 0.15) is 135 Å². The molecule has 0 radical (unpaired) electrons. The number of carbonyl (C=O) groups is 9. The largest absolute Gasteiger partial charge is 0.507 e. The van der Waals surface area contributed by atoms with Gasteiger partial charge in [0.25, 0.3) is 5.91 Å². The predicted octanol–water partition coefficient (Wildman–Crippen LogP) is -1.47. The monoisotopic (exact) mass is 1830 g/mol. The number of nitrogens with one attached hydrogen (secondary N) is 10. The fraction of sp³-hybridized carbons (Fsp3) is 0.471. The Labute approximate surface area is 741 Å². The number of phenols is 3. The van der Waals surface area contributed by atoms with Gasteiger partial charge in [-0.25, -0.2) is 4.79 Å². The number of phenolic OH excluding ortho intramolecular Hbond substituents is 3. The summed E-state index contributed by atoms with van der Waals surface area (Å²) in [7, 11) is 1.46. The number of carboxylic acid groups (broad SMARTS) is 1. The molecule has 27 N–H and O–H groups in total. The number of ether oxygens (including phenoxy) is 6. The highest BCUT2D eigenvalue weighted by Gasteiger charge is 2.53. The number of aromatic hydroxyl groups is 3. The molecule has 2 fully saturated rings. The Hall–Kier alpha value is -10.8. The average Bonchev–Trinajstić information content (AvgIpc) is 0.747. The van der Waals surface area contributed by atoms with E-state index < -0.39 is 297 Å². The smallest absolute Gasteiger partial charge is 0.330 e. The maximum absolute atomic E-state index is 16.4. The molecular formula is C85H105Cl2N11O30. The molecule has 7 aliphatic heterocycles. The van der Waals surface area contributed by atoms with Crippen molar-refractivity contribution < 1.29 is 148 Å². The first-order chi connectivity index (χ1) is 60.7. The number of hydrogen-bond donors (Lipinski definition) is 26. The fourth-order valence-electron chi connectivity index (χ4n) is 15.5. The Morgan fingerprint density at radius 2 is 1.29 bits per heavy atom. The molecule has 128 heavy (non-hydrogen) atoms. The van der Waals surface area contributed by atoms with Crippen LogP contribution in [0.5, 0.6) is 46.0 Å². The number of benzene rings is 6. The maximum atomic E-state index is 16.4. The van der Waals surface area contributed by atoms with E-state index in [1.54, 1.807) is 27.7 Å². The van der Waals surface area contributed by atoms with Crippen LogP contribution in [-0.4, -0.2) is 267 Å². The van der Waals surface area contributed by atoms with Crippen molar-refractivity contribution in [3.05, 3.63) is 152 Å². The molecule has 11 bridgehead atoms. The molecule has 41 nitrogen and oxygen atoms in total. The quantitative estimate of drug-likeness (QED) is 0.0249. The summed E-state index contributed by atoms with van der Waals surface area (Å²) in [5.41, 5.74) is 2.62. The lowest BCUT2D eigenvalue weighted by molar-refractivity contribution is -0.334. The summed E-state index contributed by atoms with van der Waals surface area (Å²) in [5, 5.41) is 194. The standard InChI is InChI=1S/C85H105Cl2N11O30/c1-7-36-9-11-37(12-10-36)30-92-85(5)29-58(123-35(4)75(85)113)127-74-71(111)69(109)56(33-100)126-84(74)128-73-54-25-41-26-55(73)125-53-18-15-40(24-46(53)87)66(106)64-81(119)96-62(83(121)122)43-27-50(102)44(31-90-19-8-20-91-82(120)72(112)70(110)68(108)51(103)32-99)67(107)59(43)42-22-38(13-16-49(42)101)60(78(116)98-64)95-79(117)61(41)94-77(115)48(28-57(88)104)93-80(118)63(97-76(114)47(89-6)21-34(2)3)65(105)39-14-17-52(124-54)45(86)23-39/h9-18,22-27,34-35,47-48,51,56,58,60-66,68-72,74-75,84,89-90,92,99-103,105-113H,7-8,19-21,28-33H2,1-6H3,(H2,88,104)(H,91,120)(H,93,118)(H,94,115)(H,95,117)(H,96,119)(H,97,114)(H,98,116)(H,121,122)/t35-,47+,48-,51+,56+,58-,60+,61+,62-,63+,64-,65+,66+,68+,69+,70-,71-,72+,74+,75+,84-,85-/m0/s1. The van der Waals surface area contributed by atoms with Crippen molar-refractivity contribution >= 4 is 76.4 Å². The molecule has 2 saturated heterocycles. The number of aryl methyl sites for hydroxylation is 1. The van der Waals surface area contributed by atoms with Gasteiger partial charge in [-0.2, -0.15) is 0 Å². The van der Waals surface area contributed by atoms with Gasteiger partial charge in [0.2, 0.25) is 53.4 Å². The lowest BCUT2D eigenvalue weighted by Crippen LogP contribution is -2.65. The molecule has 0 aromatic heterocycles. The minimum atomic E-state index is -2.44. The van der Waals surface area contributed by atoms with Gasteiger partial charge in [-0.3, -0.25) is 38.4 Å². The molecule has 6 aromatic rings. The summed E-state index contributed by atoms with van der Waals surface area (Å²) in [6.45, 7) is 6.19. The highest BCUT2D eigenvalue weighted by atomic mass is 35.5. The summed E-state index contributed by atoms with van der Waals surface area (Å²) in [6, 6.07) is 5.31. The number of halogens is 2. The number of hydrogen-bond acceptors (Lipinski definition) is 32. The Bertz CT molecular complexity index is 5080. The number of aliphatic hydroxyl groups excluding tert-OH is 11. The van der Waals surface area contributed by atoms with Crippen molar-refractivity contribution in [1.29, 1.82) is 0 Å². The Morgan fingerprint density at radius 3 is 1.89 bits per heavy atom. The third-order valence-electron chi connectivity index (χ3n) is 22.8. The first-order valence-electron chi connectivity index (χ1n) is 41.0. The van der Waals surface area contributed by atoms with Gasteiger partial charge in [0.05, 0.1) is 53.5 Å². The van der Waals surface area contributed by atoms with Crippen molar-refractivity contribution in [3.63, 3.8) is 0 Å². The number of carboxylic acids is 1. The number of primary amides is 1. The highest BCUT2D eigenvalue weighted by molar-refractivity contribution is 6.32. The van der Waals surface area contributed by atoms with Crippen LogP contribution < -0.4 is 73.1 Å². The molecular weight excluding hydrogens is 1730 g/mol. The summed E-state index contributed by atoms with van der Waals surface area (Å²) >= 11 is 14.4. The van der Waals surface area contributed by atoms with E-state index in [-0.39, 0.29) is 61.7 Å². The van der Waals surface area contributed by atoms with Crippen LogP contribution in [0.25, 0.3) is 11.1 Å². The van der Waals surface area contributed by atoms with E-state index in [1.807, 2.05) is 31.2 Å². The molecule has 22 atom stereocenters. The van der Waals surface area contributed by atoms with Crippen LogP contribution in [0, 0.1) is 5.92 Å². The summed E-state index contributed by atoms with van der Waals surface area (Å²) in [5.74, 6) is -18.3. The second-order valence-electron chi connectivity index (χ2n) is 32.4. The number of amides is 8. The second kappa shape index (κ2) is 42.2. The van der Waals surface area contributed by atoms with E-state index in [9.17, 15) is 90.7 Å². The molecule has 694 valence electrons. The van der Waals surface area contributed by atoms with Gasteiger partial charge >= 0.3 is 5.97 Å². The van der Waals surface area contributed by atoms with E-state index in [0.29, 0.717) is 0 Å².